The summed E-state index contributed by atoms with van der Waals surface area (Å²) in [6.07, 6.45) is 4.06. The molecule has 0 saturated heterocycles. The van der Waals surface area contributed by atoms with Gasteiger partial charge in [-0.15, -0.1) is 10.2 Å². The zero-order chi connectivity index (χ0) is 12.0. The molecule has 1 rings (SSSR count). The monoisotopic (exact) mass is 241 g/mol. The summed E-state index contributed by atoms with van der Waals surface area (Å²) in [6.45, 7) is 6.06. The summed E-state index contributed by atoms with van der Waals surface area (Å²) in [5.41, 5.74) is 0. The zero-order valence-corrected chi connectivity index (χ0v) is 10.9. The molecule has 0 saturated carbocycles. The number of nitrogens with zero attached hydrogens (tertiary/aromatic N) is 2. The predicted octanol–water partition coefficient (Wildman–Crippen LogP) is 3.00. The van der Waals surface area contributed by atoms with Gasteiger partial charge in [-0.05, 0) is 19.8 Å². The zero-order valence-electron chi connectivity index (χ0n) is 10.1. The average molecular weight is 241 g/mol. The molecule has 4 nitrogen and oxygen atoms in total. The molecule has 1 heterocycles. The Balaban J connectivity index is 2.49. The third kappa shape index (κ3) is 3.89. The van der Waals surface area contributed by atoms with Gasteiger partial charge in [0.15, 0.2) is 0 Å². The molecule has 1 N–H and O–H groups in total. The maximum Gasteiger partial charge on any atom is 0.229 e. The van der Waals surface area contributed by atoms with Crippen molar-refractivity contribution in [3.8, 4) is 0 Å². The summed E-state index contributed by atoms with van der Waals surface area (Å²) in [4.78, 5) is 11.9. The number of aromatic nitrogens is 2. The third-order valence-corrected chi connectivity index (χ3v) is 3.28. The van der Waals surface area contributed by atoms with Crippen LogP contribution in [-0.2, 0) is 4.79 Å². The van der Waals surface area contributed by atoms with Crippen LogP contribution in [-0.4, -0.2) is 16.1 Å². The Morgan fingerprint density at radius 1 is 1.44 bits per heavy atom. The van der Waals surface area contributed by atoms with E-state index in [1.807, 2.05) is 13.8 Å². The first-order chi connectivity index (χ1) is 7.67. The number of hydrogen-bond acceptors (Lipinski definition) is 4. The van der Waals surface area contributed by atoms with Crippen LogP contribution in [0.2, 0.25) is 0 Å². The molecule has 16 heavy (non-hydrogen) atoms. The number of carbonyl (C=O) groups excluding carboxylic acids is 1. The van der Waals surface area contributed by atoms with Crippen molar-refractivity contribution in [1.82, 2.24) is 10.2 Å². The van der Waals surface area contributed by atoms with Gasteiger partial charge < -0.3 is 5.32 Å². The summed E-state index contributed by atoms with van der Waals surface area (Å²) >= 11 is 1.41. The minimum absolute atomic E-state index is 0.0760. The average Bonchev–Trinajstić information content (AvgIpc) is 2.65. The van der Waals surface area contributed by atoms with Crippen LogP contribution < -0.4 is 5.32 Å². The van der Waals surface area contributed by atoms with E-state index in [0.29, 0.717) is 5.13 Å². The second kappa shape index (κ2) is 6.58. The van der Waals surface area contributed by atoms with Crippen molar-refractivity contribution in [2.75, 3.05) is 5.32 Å². The molecular formula is C11H19N3OS. The molecule has 0 aliphatic carbocycles. The standard InChI is InChI=1S/C11H19N3OS/c1-4-6-7-9(5-2)10(15)12-11-14-13-8(3)16-11/h9H,4-7H2,1-3H3,(H,12,14,15)/t9-/m1/s1. The second-order valence-electron chi connectivity index (χ2n) is 3.86. The smallest absolute Gasteiger partial charge is 0.229 e. The van der Waals surface area contributed by atoms with Crippen LogP contribution in [0.1, 0.15) is 44.5 Å². The fraction of sp³-hybridized carbons (Fsp3) is 0.727. The van der Waals surface area contributed by atoms with Crippen molar-refractivity contribution in [3.63, 3.8) is 0 Å². The first-order valence-electron chi connectivity index (χ1n) is 5.78. The molecule has 0 aliphatic heterocycles. The van der Waals surface area contributed by atoms with Crippen LogP contribution in [0.3, 0.4) is 0 Å². The molecule has 1 atom stereocenters. The number of carbonyl (C=O) groups is 1. The molecule has 0 radical (unpaired) electrons. The lowest BCUT2D eigenvalue weighted by Gasteiger charge is -2.12. The topological polar surface area (TPSA) is 54.9 Å². The van der Waals surface area contributed by atoms with Gasteiger partial charge in [-0.3, -0.25) is 4.79 Å². The van der Waals surface area contributed by atoms with E-state index in [4.69, 9.17) is 0 Å². The number of anilines is 1. The van der Waals surface area contributed by atoms with E-state index in [1.54, 1.807) is 0 Å². The first-order valence-corrected chi connectivity index (χ1v) is 6.60. The fourth-order valence-electron chi connectivity index (χ4n) is 1.53. The quantitative estimate of drug-likeness (QED) is 0.833. The number of nitrogens with one attached hydrogen (secondary N) is 1. The predicted molar refractivity (Wildman–Crippen MR) is 66.6 cm³/mol. The van der Waals surface area contributed by atoms with Crippen molar-refractivity contribution in [2.45, 2.75) is 46.5 Å². The molecule has 0 bridgehead atoms. The Kier molecular flexibility index (Phi) is 5.38. The van der Waals surface area contributed by atoms with Gasteiger partial charge in [0.1, 0.15) is 5.01 Å². The fourth-order valence-corrected chi connectivity index (χ4v) is 2.12. The first kappa shape index (κ1) is 13.1. The second-order valence-corrected chi connectivity index (χ2v) is 5.04. The highest BCUT2D eigenvalue weighted by Crippen LogP contribution is 2.18. The van der Waals surface area contributed by atoms with Crippen molar-refractivity contribution in [2.24, 2.45) is 5.92 Å². The molecule has 1 aromatic heterocycles. The lowest BCUT2D eigenvalue weighted by Crippen LogP contribution is -2.22. The normalized spacial score (nSPS) is 12.4. The van der Waals surface area contributed by atoms with Crippen LogP contribution in [0.15, 0.2) is 0 Å². The van der Waals surface area contributed by atoms with E-state index in [1.165, 1.54) is 11.3 Å². The van der Waals surface area contributed by atoms with E-state index in [2.05, 4.69) is 22.4 Å². The maximum absolute atomic E-state index is 11.9. The molecule has 0 spiro atoms. The maximum atomic E-state index is 11.9. The van der Waals surface area contributed by atoms with Gasteiger partial charge in [0.2, 0.25) is 11.0 Å². The Bertz CT molecular complexity index is 338. The summed E-state index contributed by atoms with van der Waals surface area (Å²) < 4.78 is 0. The molecule has 1 aromatic rings. The summed E-state index contributed by atoms with van der Waals surface area (Å²) in [5, 5.41) is 12.1. The minimum Gasteiger partial charge on any atom is -0.300 e. The van der Waals surface area contributed by atoms with E-state index >= 15 is 0 Å². The molecule has 0 aliphatic rings. The highest BCUT2D eigenvalue weighted by Gasteiger charge is 2.17. The number of amides is 1. The number of rotatable bonds is 6. The van der Waals surface area contributed by atoms with E-state index < -0.39 is 0 Å². The van der Waals surface area contributed by atoms with Crippen molar-refractivity contribution >= 4 is 22.4 Å². The largest absolute Gasteiger partial charge is 0.300 e. The van der Waals surface area contributed by atoms with Gasteiger partial charge in [-0.1, -0.05) is 38.0 Å². The van der Waals surface area contributed by atoms with Gasteiger partial charge in [0.05, 0.1) is 0 Å². The summed E-state index contributed by atoms with van der Waals surface area (Å²) in [7, 11) is 0. The van der Waals surface area contributed by atoms with Crippen molar-refractivity contribution < 1.29 is 4.79 Å². The SMILES string of the molecule is CCCC[C@@H](CC)C(=O)Nc1nnc(C)s1. The van der Waals surface area contributed by atoms with Gasteiger partial charge in [0.25, 0.3) is 0 Å². The van der Waals surface area contributed by atoms with Crippen LogP contribution in [0.5, 0.6) is 0 Å². The molecule has 0 fully saturated rings. The van der Waals surface area contributed by atoms with Crippen molar-refractivity contribution in [3.05, 3.63) is 5.01 Å². The summed E-state index contributed by atoms with van der Waals surface area (Å²) in [6, 6.07) is 0. The third-order valence-electron chi connectivity index (χ3n) is 2.53. The number of hydrogen-bond donors (Lipinski definition) is 1. The van der Waals surface area contributed by atoms with Crippen LogP contribution in [0.25, 0.3) is 0 Å². The molecule has 90 valence electrons. The van der Waals surface area contributed by atoms with E-state index in [-0.39, 0.29) is 11.8 Å². The summed E-state index contributed by atoms with van der Waals surface area (Å²) in [5.74, 6) is 0.177. The molecule has 0 aromatic carbocycles. The van der Waals surface area contributed by atoms with Gasteiger partial charge in [-0.2, -0.15) is 0 Å². The lowest BCUT2D eigenvalue weighted by molar-refractivity contribution is -0.120. The highest BCUT2D eigenvalue weighted by molar-refractivity contribution is 7.15. The Hall–Kier alpha value is -0.970. The number of aryl methyl sites for hydroxylation is 1. The molecular weight excluding hydrogens is 222 g/mol. The van der Waals surface area contributed by atoms with E-state index in [9.17, 15) is 4.79 Å². The van der Waals surface area contributed by atoms with Crippen LogP contribution >= 0.6 is 11.3 Å². The van der Waals surface area contributed by atoms with Crippen molar-refractivity contribution in [1.29, 1.82) is 0 Å². The van der Waals surface area contributed by atoms with E-state index in [0.717, 1.165) is 30.7 Å². The molecule has 0 unspecified atom stereocenters. The molecule has 5 heteroatoms. The Labute approximate surface area is 100 Å². The Morgan fingerprint density at radius 2 is 2.19 bits per heavy atom. The van der Waals surface area contributed by atoms with Crippen LogP contribution in [0, 0.1) is 12.8 Å². The lowest BCUT2D eigenvalue weighted by atomic mass is 9.99. The van der Waals surface area contributed by atoms with Gasteiger partial charge in [-0.25, -0.2) is 0 Å². The van der Waals surface area contributed by atoms with Gasteiger partial charge >= 0.3 is 0 Å². The van der Waals surface area contributed by atoms with Crippen LogP contribution in [0.4, 0.5) is 5.13 Å². The number of unbranched alkanes of at least 4 members (excludes halogenated alkanes) is 1. The highest BCUT2D eigenvalue weighted by atomic mass is 32.1. The van der Waals surface area contributed by atoms with Gasteiger partial charge in [0, 0.05) is 5.92 Å². The minimum atomic E-state index is 0.0760. The Morgan fingerprint density at radius 3 is 2.69 bits per heavy atom. The molecule has 1 amide bonds.